The average Bonchev–Trinajstić information content (AvgIpc) is 2.28. The average molecular weight is 231 g/mol. The Balaban J connectivity index is 2.62. The Morgan fingerprint density at radius 2 is 1.88 bits per heavy atom. The summed E-state index contributed by atoms with van der Waals surface area (Å²) in [6.45, 7) is 3.59. The van der Waals surface area contributed by atoms with Gasteiger partial charge < -0.3 is 4.98 Å². The maximum Gasteiger partial charge on any atom is 0.329 e. The number of nitrogens with zero attached hydrogens (tertiary/aromatic N) is 2. The summed E-state index contributed by atoms with van der Waals surface area (Å²) in [6, 6.07) is 4.75. The van der Waals surface area contributed by atoms with Crippen LogP contribution < -0.4 is 11.2 Å². The van der Waals surface area contributed by atoms with Crippen LogP contribution in [0.2, 0.25) is 0 Å². The third kappa shape index (κ3) is 2.18. The third-order valence-electron chi connectivity index (χ3n) is 2.47. The molecule has 17 heavy (non-hydrogen) atoms. The highest BCUT2D eigenvalue weighted by Crippen LogP contribution is 2.11. The van der Waals surface area contributed by atoms with Crippen molar-refractivity contribution in [2.24, 2.45) is 0 Å². The molecular formula is C12H13N3O2. The van der Waals surface area contributed by atoms with E-state index in [0.29, 0.717) is 5.69 Å². The second kappa shape index (κ2) is 4.37. The van der Waals surface area contributed by atoms with Gasteiger partial charge in [0.15, 0.2) is 0 Å². The Hall–Kier alpha value is -2.17. The molecule has 0 atom stereocenters. The van der Waals surface area contributed by atoms with E-state index in [1.807, 2.05) is 0 Å². The van der Waals surface area contributed by atoms with Crippen LogP contribution in [0.15, 0.2) is 40.2 Å². The molecule has 0 aliphatic heterocycles. The third-order valence-corrected chi connectivity index (χ3v) is 2.47. The molecule has 0 saturated carbocycles. The van der Waals surface area contributed by atoms with E-state index >= 15 is 0 Å². The van der Waals surface area contributed by atoms with Gasteiger partial charge in [-0.05, 0) is 26.0 Å². The number of H-pyrrole nitrogens is 1. The lowest BCUT2D eigenvalue weighted by Crippen LogP contribution is -2.36. The smallest absolute Gasteiger partial charge is 0.307 e. The zero-order chi connectivity index (χ0) is 12.4. The predicted molar refractivity (Wildman–Crippen MR) is 64.9 cm³/mol. The minimum Gasteiger partial charge on any atom is -0.307 e. The zero-order valence-electron chi connectivity index (χ0n) is 9.68. The van der Waals surface area contributed by atoms with Gasteiger partial charge in [0.05, 0.1) is 5.69 Å². The van der Waals surface area contributed by atoms with Crippen molar-refractivity contribution in [3.05, 3.63) is 51.4 Å². The molecule has 0 bridgehead atoms. The van der Waals surface area contributed by atoms with E-state index in [1.165, 1.54) is 10.6 Å². The first-order valence-corrected chi connectivity index (χ1v) is 5.36. The molecule has 2 aromatic heterocycles. The number of rotatable bonds is 2. The summed E-state index contributed by atoms with van der Waals surface area (Å²) in [5.74, 6) is 0. The number of aromatic amines is 1. The highest BCUT2D eigenvalue weighted by Gasteiger charge is 2.08. The first-order valence-electron chi connectivity index (χ1n) is 5.36. The molecule has 0 saturated heterocycles. The van der Waals surface area contributed by atoms with Crippen LogP contribution in [0, 0.1) is 0 Å². The molecule has 0 amide bonds. The van der Waals surface area contributed by atoms with Gasteiger partial charge in [0.2, 0.25) is 0 Å². The van der Waals surface area contributed by atoms with E-state index in [4.69, 9.17) is 0 Å². The lowest BCUT2D eigenvalue weighted by molar-refractivity contribution is 0.547. The van der Waals surface area contributed by atoms with Crippen LogP contribution in [0.3, 0.4) is 0 Å². The Morgan fingerprint density at radius 1 is 1.24 bits per heavy atom. The van der Waals surface area contributed by atoms with Gasteiger partial charge in [-0.25, -0.2) is 4.79 Å². The fourth-order valence-corrected chi connectivity index (χ4v) is 1.68. The van der Waals surface area contributed by atoms with Crippen molar-refractivity contribution in [3.63, 3.8) is 0 Å². The molecule has 2 aromatic rings. The summed E-state index contributed by atoms with van der Waals surface area (Å²) in [7, 11) is 0. The molecule has 0 aliphatic carbocycles. The van der Waals surface area contributed by atoms with Crippen molar-refractivity contribution in [1.82, 2.24) is 14.5 Å². The molecule has 2 rings (SSSR count). The minimum atomic E-state index is -0.390. The van der Waals surface area contributed by atoms with Gasteiger partial charge in [-0.2, -0.15) is 0 Å². The monoisotopic (exact) mass is 231 g/mol. The van der Waals surface area contributed by atoms with Crippen molar-refractivity contribution >= 4 is 0 Å². The normalized spacial score (nSPS) is 10.8. The maximum atomic E-state index is 11.8. The van der Waals surface area contributed by atoms with Crippen LogP contribution in [0.4, 0.5) is 0 Å². The number of pyridine rings is 1. The summed E-state index contributed by atoms with van der Waals surface area (Å²) in [5.41, 5.74) is 0.597. The van der Waals surface area contributed by atoms with Gasteiger partial charge in [-0.15, -0.1) is 0 Å². The Labute approximate surface area is 97.8 Å². The summed E-state index contributed by atoms with van der Waals surface area (Å²) < 4.78 is 1.19. The highest BCUT2D eigenvalue weighted by molar-refractivity contribution is 5.57. The molecule has 0 fully saturated rings. The second-order valence-corrected chi connectivity index (χ2v) is 4.03. The number of hydrogen-bond acceptors (Lipinski definition) is 3. The summed E-state index contributed by atoms with van der Waals surface area (Å²) in [5, 5.41) is 0. The molecule has 5 nitrogen and oxygen atoms in total. The van der Waals surface area contributed by atoms with Crippen LogP contribution in [0.25, 0.3) is 11.3 Å². The van der Waals surface area contributed by atoms with E-state index in [0.717, 1.165) is 5.56 Å². The molecule has 1 N–H and O–H groups in total. The summed E-state index contributed by atoms with van der Waals surface area (Å²) in [4.78, 5) is 30.2. The van der Waals surface area contributed by atoms with Crippen LogP contribution in [0.1, 0.15) is 19.9 Å². The summed E-state index contributed by atoms with van der Waals surface area (Å²) >= 11 is 0. The van der Waals surface area contributed by atoms with E-state index in [2.05, 4.69) is 9.97 Å². The SMILES string of the molecule is CC(C)n1c(=O)cc(-c2ccncc2)[nH]c1=O. The van der Waals surface area contributed by atoms with Crippen LogP contribution in [0.5, 0.6) is 0 Å². The van der Waals surface area contributed by atoms with E-state index in [1.54, 1.807) is 38.4 Å². The lowest BCUT2D eigenvalue weighted by Gasteiger charge is -2.09. The zero-order valence-corrected chi connectivity index (χ0v) is 9.68. The molecule has 88 valence electrons. The van der Waals surface area contributed by atoms with Gasteiger partial charge in [0, 0.05) is 30.1 Å². The minimum absolute atomic E-state index is 0.155. The number of hydrogen-bond donors (Lipinski definition) is 1. The van der Waals surface area contributed by atoms with E-state index in [9.17, 15) is 9.59 Å². The largest absolute Gasteiger partial charge is 0.329 e. The van der Waals surface area contributed by atoms with Crippen molar-refractivity contribution in [2.45, 2.75) is 19.9 Å². The number of nitrogens with one attached hydrogen (secondary N) is 1. The standard InChI is InChI=1S/C12H13N3O2/c1-8(2)15-11(16)7-10(14-12(15)17)9-3-5-13-6-4-9/h3-8H,1-2H3,(H,14,17). The molecule has 2 heterocycles. The fraction of sp³-hybridized carbons (Fsp3) is 0.250. The topological polar surface area (TPSA) is 67.8 Å². The van der Waals surface area contributed by atoms with Crippen LogP contribution in [-0.2, 0) is 0 Å². The molecule has 5 heteroatoms. The maximum absolute atomic E-state index is 11.8. The first kappa shape index (κ1) is 11.3. The van der Waals surface area contributed by atoms with Crippen molar-refractivity contribution in [3.8, 4) is 11.3 Å². The molecule has 0 radical (unpaired) electrons. The van der Waals surface area contributed by atoms with Gasteiger partial charge >= 0.3 is 5.69 Å². The number of aromatic nitrogens is 3. The van der Waals surface area contributed by atoms with Gasteiger partial charge in [0.25, 0.3) is 5.56 Å². The predicted octanol–water partition coefficient (Wildman–Crippen LogP) is 1.18. The Morgan fingerprint density at radius 3 is 2.41 bits per heavy atom. The Kier molecular flexibility index (Phi) is 2.91. The molecule has 0 aliphatic rings. The van der Waals surface area contributed by atoms with Gasteiger partial charge in [-0.1, -0.05) is 0 Å². The Bertz CT molecular complexity index is 595. The quantitative estimate of drug-likeness (QED) is 0.843. The summed E-state index contributed by atoms with van der Waals surface area (Å²) in [6.07, 6.45) is 3.23. The molecule has 0 aromatic carbocycles. The second-order valence-electron chi connectivity index (χ2n) is 4.03. The first-order chi connectivity index (χ1) is 8.09. The molecule has 0 unspecified atom stereocenters. The van der Waals surface area contributed by atoms with Crippen LogP contribution >= 0.6 is 0 Å². The van der Waals surface area contributed by atoms with E-state index < -0.39 is 0 Å². The van der Waals surface area contributed by atoms with Crippen molar-refractivity contribution in [1.29, 1.82) is 0 Å². The van der Waals surface area contributed by atoms with Crippen molar-refractivity contribution < 1.29 is 0 Å². The fourth-order valence-electron chi connectivity index (χ4n) is 1.68. The lowest BCUT2D eigenvalue weighted by atomic mass is 10.2. The van der Waals surface area contributed by atoms with Crippen LogP contribution in [-0.4, -0.2) is 14.5 Å². The van der Waals surface area contributed by atoms with Gasteiger partial charge in [0.1, 0.15) is 0 Å². The van der Waals surface area contributed by atoms with Gasteiger partial charge in [-0.3, -0.25) is 14.3 Å². The van der Waals surface area contributed by atoms with E-state index in [-0.39, 0.29) is 17.3 Å². The molecular weight excluding hydrogens is 218 g/mol. The van der Waals surface area contributed by atoms with Crippen molar-refractivity contribution in [2.75, 3.05) is 0 Å². The molecule has 0 spiro atoms. The highest BCUT2D eigenvalue weighted by atomic mass is 16.2.